The van der Waals surface area contributed by atoms with Crippen LogP contribution in [0, 0.1) is 0 Å². The number of unbranched alkanes of at least 4 members (excludes halogenated alkanes) is 11. The molecule has 0 rings (SSSR count). The standard InChI is InChI=1S/C16H34O2/c1-3-4-5-6-7-8-9-10-11-12-13-14-15-16(17)18-2/h16-17H,3-15H2,1-2H3. The highest BCUT2D eigenvalue weighted by Crippen LogP contribution is 2.12. The predicted molar refractivity (Wildman–Crippen MR) is 78.7 cm³/mol. The molecule has 0 saturated heterocycles. The van der Waals surface area contributed by atoms with Crippen LogP contribution in [0.3, 0.4) is 0 Å². The maximum absolute atomic E-state index is 9.20. The molecule has 1 atom stereocenters. The molecule has 2 heteroatoms. The Labute approximate surface area is 114 Å². The quantitative estimate of drug-likeness (QED) is 0.349. The van der Waals surface area contributed by atoms with Crippen molar-refractivity contribution in [2.24, 2.45) is 0 Å². The molecule has 1 unspecified atom stereocenters. The van der Waals surface area contributed by atoms with Crippen molar-refractivity contribution in [3.8, 4) is 0 Å². The zero-order valence-corrected chi connectivity index (χ0v) is 12.6. The molecule has 0 aliphatic carbocycles. The van der Waals surface area contributed by atoms with E-state index in [1.54, 1.807) is 7.11 Å². The van der Waals surface area contributed by atoms with Crippen molar-refractivity contribution in [1.82, 2.24) is 0 Å². The normalized spacial score (nSPS) is 12.8. The summed E-state index contributed by atoms with van der Waals surface area (Å²) >= 11 is 0. The van der Waals surface area contributed by atoms with E-state index in [0.717, 1.165) is 12.8 Å². The number of ether oxygens (including phenoxy) is 1. The fourth-order valence-electron chi connectivity index (χ4n) is 2.28. The first-order valence-electron chi connectivity index (χ1n) is 8.02. The average Bonchev–Trinajstić information content (AvgIpc) is 2.39. The van der Waals surface area contributed by atoms with Crippen LogP contribution in [0.4, 0.5) is 0 Å². The SMILES string of the molecule is CCCCCCCCCCCCCCC(O)OC. The maximum atomic E-state index is 9.20. The highest BCUT2D eigenvalue weighted by molar-refractivity contribution is 4.49. The van der Waals surface area contributed by atoms with Crippen molar-refractivity contribution in [2.45, 2.75) is 96.7 Å². The molecule has 0 heterocycles. The van der Waals surface area contributed by atoms with Gasteiger partial charge >= 0.3 is 0 Å². The minimum atomic E-state index is -0.548. The molecule has 1 N–H and O–H groups in total. The average molecular weight is 258 g/mol. The van der Waals surface area contributed by atoms with E-state index >= 15 is 0 Å². The smallest absolute Gasteiger partial charge is 0.154 e. The van der Waals surface area contributed by atoms with Gasteiger partial charge in [-0.3, -0.25) is 0 Å². The van der Waals surface area contributed by atoms with E-state index in [4.69, 9.17) is 4.74 Å². The van der Waals surface area contributed by atoms with Gasteiger partial charge in [0.15, 0.2) is 6.29 Å². The van der Waals surface area contributed by atoms with Gasteiger partial charge in [-0.05, 0) is 12.8 Å². The van der Waals surface area contributed by atoms with Crippen LogP contribution >= 0.6 is 0 Å². The lowest BCUT2D eigenvalue weighted by Crippen LogP contribution is -2.07. The van der Waals surface area contributed by atoms with Crippen molar-refractivity contribution < 1.29 is 9.84 Å². The van der Waals surface area contributed by atoms with Gasteiger partial charge in [-0.15, -0.1) is 0 Å². The number of rotatable bonds is 14. The van der Waals surface area contributed by atoms with Gasteiger partial charge in [0.1, 0.15) is 0 Å². The summed E-state index contributed by atoms with van der Waals surface area (Å²) in [5.41, 5.74) is 0. The second kappa shape index (κ2) is 15.0. The fourth-order valence-corrected chi connectivity index (χ4v) is 2.28. The Kier molecular flexibility index (Phi) is 14.9. The van der Waals surface area contributed by atoms with Crippen LogP contribution in [0.2, 0.25) is 0 Å². The maximum Gasteiger partial charge on any atom is 0.154 e. The number of methoxy groups -OCH3 is 1. The number of aliphatic hydroxyl groups is 1. The molecule has 0 aromatic carbocycles. The van der Waals surface area contributed by atoms with Gasteiger partial charge in [0.2, 0.25) is 0 Å². The Bertz CT molecular complexity index is 148. The van der Waals surface area contributed by atoms with Gasteiger partial charge in [0, 0.05) is 7.11 Å². The second-order valence-corrected chi connectivity index (χ2v) is 5.37. The molecule has 0 bridgehead atoms. The van der Waals surface area contributed by atoms with E-state index in [0.29, 0.717) is 0 Å². The van der Waals surface area contributed by atoms with Gasteiger partial charge in [-0.1, -0.05) is 77.6 Å². The summed E-state index contributed by atoms with van der Waals surface area (Å²) in [6.45, 7) is 2.27. The Morgan fingerprint density at radius 3 is 1.50 bits per heavy atom. The Balaban J connectivity index is 2.94. The summed E-state index contributed by atoms with van der Waals surface area (Å²) in [5, 5.41) is 9.20. The summed E-state index contributed by atoms with van der Waals surface area (Å²) in [6.07, 6.45) is 16.5. The lowest BCUT2D eigenvalue weighted by Gasteiger charge is -2.07. The Hall–Kier alpha value is -0.0800. The van der Waals surface area contributed by atoms with Crippen LogP contribution in [0.1, 0.15) is 90.4 Å². The first-order chi connectivity index (χ1) is 8.81. The van der Waals surface area contributed by atoms with Crippen molar-refractivity contribution in [3.05, 3.63) is 0 Å². The third kappa shape index (κ3) is 14.0. The van der Waals surface area contributed by atoms with Crippen molar-refractivity contribution >= 4 is 0 Å². The van der Waals surface area contributed by atoms with E-state index in [-0.39, 0.29) is 0 Å². The predicted octanol–water partition coefficient (Wildman–Crippen LogP) is 5.04. The van der Waals surface area contributed by atoms with Crippen LogP contribution in [-0.2, 0) is 4.74 Å². The number of aliphatic hydroxyl groups excluding tert-OH is 1. The van der Waals surface area contributed by atoms with Crippen molar-refractivity contribution in [1.29, 1.82) is 0 Å². The van der Waals surface area contributed by atoms with Crippen LogP contribution < -0.4 is 0 Å². The number of hydrogen-bond acceptors (Lipinski definition) is 2. The first kappa shape index (κ1) is 17.9. The molecule has 0 fully saturated rings. The molecule has 18 heavy (non-hydrogen) atoms. The summed E-state index contributed by atoms with van der Waals surface area (Å²) < 4.78 is 4.81. The molecular formula is C16H34O2. The lowest BCUT2D eigenvalue weighted by atomic mass is 10.0. The third-order valence-corrected chi connectivity index (χ3v) is 3.58. The van der Waals surface area contributed by atoms with Crippen LogP contribution in [0.15, 0.2) is 0 Å². The summed E-state index contributed by atoms with van der Waals surface area (Å²) in [7, 11) is 1.56. The summed E-state index contributed by atoms with van der Waals surface area (Å²) in [5.74, 6) is 0. The molecule has 2 nitrogen and oxygen atoms in total. The van der Waals surface area contributed by atoms with Gasteiger partial charge in [-0.25, -0.2) is 0 Å². The van der Waals surface area contributed by atoms with Gasteiger partial charge in [-0.2, -0.15) is 0 Å². The Morgan fingerprint density at radius 2 is 1.11 bits per heavy atom. The molecule has 0 radical (unpaired) electrons. The zero-order valence-electron chi connectivity index (χ0n) is 12.6. The summed E-state index contributed by atoms with van der Waals surface area (Å²) in [4.78, 5) is 0. The minimum Gasteiger partial charge on any atom is -0.368 e. The van der Waals surface area contributed by atoms with Crippen LogP contribution in [0.5, 0.6) is 0 Å². The molecule has 0 aromatic rings. The minimum absolute atomic E-state index is 0.548. The molecule has 0 aliphatic rings. The van der Waals surface area contributed by atoms with Crippen LogP contribution in [-0.4, -0.2) is 18.5 Å². The highest BCUT2D eigenvalue weighted by Gasteiger charge is 1.99. The topological polar surface area (TPSA) is 29.5 Å². The van der Waals surface area contributed by atoms with Gasteiger partial charge in [0.05, 0.1) is 0 Å². The van der Waals surface area contributed by atoms with E-state index in [1.807, 2.05) is 0 Å². The van der Waals surface area contributed by atoms with Crippen molar-refractivity contribution in [2.75, 3.05) is 7.11 Å². The van der Waals surface area contributed by atoms with E-state index in [2.05, 4.69) is 6.92 Å². The lowest BCUT2D eigenvalue weighted by molar-refractivity contribution is -0.0793. The zero-order chi connectivity index (χ0) is 13.5. The van der Waals surface area contributed by atoms with Crippen molar-refractivity contribution in [3.63, 3.8) is 0 Å². The third-order valence-electron chi connectivity index (χ3n) is 3.58. The molecule has 110 valence electrons. The molecule has 0 aromatic heterocycles. The molecule has 0 spiro atoms. The number of hydrogen-bond donors (Lipinski definition) is 1. The molecule has 0 saturated carbocycles. The first-order valence-corrected chi connectivity index (χ1v) is 8.02. The molecule has 0 aliphatic heterocycles. The van der Waals surface area contributed by atoms with Gasteiger partial charge in [0.25, 0.3) is 0 Å². The van der Waals surface area contributed by atoms with E-state index in [9.17, 15) is 5.11 Å². The highest BCUT2D eigenvalue weighted by atomic mass is 16.6. The molecular weight excluding hydrogens is 224 g/mol. The fraction of sp³-hybridized carbons (Fsp3) is 1.00. The van der Waals surface area contributed by atoms with E-state index in [1.165, 1.54) is 70.6 Å². The van der Waals surface area contributed by atoms with Gasteiger partial charge < -0.3 is 9.84 Å². The van der Waals surface area contributed by atoms with Crippen LogP contribution in [0.25, 0.3) is 0 Å². The Morgan fingerprint density at radius 1 is 0.722 bits per heavy atom. The molecule has 0 amide bonds. The summed E-state index contributed by atoms with van der Waals surface area (Å²) in [6, 6.07) is 0. The monoisotopic (exact) mass is 258 g/mol. The van der Waals surface area contributed by atoms with E-state index < -0.39 is 6.29 Å². The second-order valence-electron chi connectivity index (χ2n) is 5.37. The largest absolute Gasteiger partial charge is 0.368 e.